The van der Waals surface area contributed by atoms with Gasteiger partial charge in [-0.2, -0.15) is 11.8 Å². The largest absolute Gasteiger partial charge is 0.489 e. The third kappa shape index (κ3) is 9.84. The lowest BCUT2D eigenvalue weighted by Gasteiger charge is -2.27. The van der Waals surface area contributed by atoms with Crippen LogP contribution in [0.15, 0.2) is 54.6 Å². The maximum absolute atomic E-state index is 13.1. The summed E-state index contributed by atoms with van der Waals surface area (Å²) in [5.41, 5.74) is 8.10. The first-order chi connectivity index (χ1) is 17.5. The molecule has 2 unspecified atom stereocenters. The molecule has 0 aliphatic carbocycles. The molecular formula is C28H40N4O3S. The molecule has 1 saturated heterocycles. The Morgan fingerprint density at radius 2 is 1.72 bits per heavy atom. The number of piperidine rings is 1. The van der Waals surface area contributed by atoms with Gasteiger partial charge in [-0.25, -0.2) is 0 Å². The molecule has 1 aliphatic heterocycles. The maximum Gasteiger partial charge on any atom is 0.242 e. The Bertz CT molecular complexity index is 920. The molecule has 2 amide bonds. The molecule has 0 aromatic heterocycles. The van der Waals surface area contributed by atoms with Gasteiger partial charge in [0.05, 0.1) is 6.04 Å². The summed E-state index contributed by atoms with van der Waals surface area (Å²) in [6.45, 7) is 4.05. The normalized spacial score (nSPS) is 15.6. The topological polar surface area (TPSA) is 96.7 Å². The summed E-state index contributed by atoms with van der Waals surface area (Å²) in [7, 11) is 0. The third-order valence-electron chi connectivity index (χ3n) is 6.39. The van der Waals surface area contributed by atoms with Gasteiger partial charge in [-0.15, -0.1) is 0 Å². The molecule has 1 heterocycles. The van der Waals surface area contributed by atoms with E-state index in [-0.39, 0.29) is 11.8 Å². The van der Waals surface area contributed by atoms with Gasteiger partial charge in [0.1, 0.15) is 18.4 Å². The Morgan fingerprint density at radius 3 is 2.42 bits per heavy atom. The van der Waals surface area contributed by atoms with E-state index < -0.39 is 12.1 Å². The summed E-state index contributed by atoms with van der Waals surface area (Å²) >= 11 is 1.65. The molecule has 0 radical (unpaired) electrons. The minimum atomic E-state index is -0.685. The molecule has 196 valence electrons. The molecule has 0 spiro atoms. The highest BCUT2D eigenvalue weighted by Gasteiger charge is 2.24. The van der Waals surface area contributed by atoms with E-state index in [1.54, 1.807) is 11.8 Å². The maximum atomic E-state index is 13.1. The molecule has 0 saturated carbocycles. The number of carbonyl (C=O) groups is 2. The molecule has 0 bridgehead atoms. The average Bonchev–Trinajstić information content (AvgIpc) is 2.92. The van der Waals surface area contributed by atoms with E-state index in [2.05, 4.69) is 15.5 Å². The highest BCUT2D eigenvalue weighted by molar-refractivity contribution is 7.98. The number of hydrogen-bond donors (Lipinski definition) is 3. The quantitative estimate of drug-likeness (QED) is 0.360. The summed E-state index contributed by atoms with van der Waals surface area (Å²) in [5, 5.41) is 5.92. The van der Waals surface area contributed by atoms with E-state index in [4.69, 9.17) is 10.5 Å². The van der Waals surface area contributed by atoms with E-state index in [0.717, 1.165) is 42.3 Å². The van der Waals surface area contributed by atoms with Crippen molar-refractivity contribution in [1.82, 2.24) is 15.5 Å². The molecule has 7 nitrogen and oxygen atoms in total. The Labute approximate surface area is 219 Å². The number of benzene rings is 2. The number of nitrogens with one attached hydrogen (secondary N) is 2. The van der Waals surface area contributed by atoms with Crippen molar-refractivity contribution >= 4 is 23.6 Å². The van der Waals surface area contributed by atoms with E-state index in [1.807, 2.05) is 60.9 Å². The number of hydrogen-bond acceptors (Lipinski definition) is 6. The second kappa shape index (κ2) is 15.5. The predicted molar refractivity (Wildman–Crippen MR) is 147 cm³/mol. The Morgan fingerprint density at radius 1 is 1.00 bits per heavy atom. The zero-order chi connectivity index (χ0) is 25.6. The van der Waals surface area contributed by atoms with Crippen LogP contribution < -0.4 is 21.1 Å². The summed E-state index contributed by atoms with van der Waals surface area (Å²) in [4.78, 5) is 28.1. The molecule has 4 N–H and O–H groups in total. The van der Waals surface area contributed by atoms with Crippen LogP contribution in [0.5, 0.6) is 5.75 Å². The number of thioether (sulfide) groups is 1. The van der Waals surface area contributed by atoms with Gasteiger partial charge >= 0.3 is 0 Å². The third-order valence-corrected chi connectivity index (χ3v) is 7.03. The Kier molecular flexibility index (Phi) is 12.1. The number of amides is 2. The molecule has 1 aliphatic rings. The molecule has 1 fully saturated rings. The minimum absolute atomic E-state index is 0.179. The summed E-state index contributed by atoms with van der Waals surface area (Å²) < 4.78 is 5.87. The van der Waals surface area contributed by atoms with Gasteiger partial charge in [-0.1, -0.05) is 48.9 Å². The smallest absolute Gasteiger partial charge is 0.242 e. The van der Waals surface area contributed by atoms with E-state index >= 15 is 0 Å². The van der Waals surface area contributed by atoms with E-state index in [1.165, 1.54) is 19.3 Å². The SMILES string of the molecule is CSCCC(N)C(=O)NC(Cc1ccc(OCc2ccccc2)cc1)C(=O)NCCN1CCCCC1. The zero-order valence-corrected chi connectivity index (χ0v) is 22.1. The number of nitrogens with zero attached hydrogens (tertiary/aromatic N) is 1. The highest BCUT2D eigenvalue weighted by atomic mass is 32.2. The molecule has 8 heteroatoms. The molecule has 2 aromatic rings. The lowest BCUT2D eigenvalue weighted by Crippen LogP contribution is -2.53. The van der Waals surface area contributed by atoms with E-state index in [9.17, 15) is 9.59 Å². The number of rotatable bonds is 14. The van der Waals surface area contributed by atoms with Crippen LogP contribution in [-0.2, 0) is 22.6 Å². The summed E-state index contributed by atoms with van der Waals surface area (Å²) in [6.07, 6.45) is 6.65. The fourth-order valence-corrected chi connectivity index (χ4v) is 4.70. The minimum Gasteiger partial charge on any atom is -0.489 e. The Balaban J connectivity index is 1.57. The number of carbonyl (C=O) groups excluding carboxylic acids is 2. The highest BCUT2D eigenvalue weighted by Crippen LogP contribution is 2.16. The summed E-state index contributed by atoms with van der Waals surface area (Å²) in [6, 6.07) is 16.4. The summed E-state index contributed by atoms with van der Waals surface area (Å²) in [5.74, 6) is 1.09. The van der Waals surface area contributed by atoms with Gasteiger partial charge in [-0.3, -0.25) is 9.59 Å². The fraction of sp³-hybridized carbons (Fsp3) is 0.500. The van der Waals surface area contributed by atoms with Crippen LogP contribution >= 0.6 is 11.8 Å². The van der Waals surface area contributed by atoms with Crippen LogP contribution in [0.1, 0.15) is 36.8 Å². The van der Waals surface area contributed by atoms with Crippen LogP contribution in [0, 0.1) is 0 Å². The lowest BCUT2D eigenvalue weighted by atomic mass is 10.0. The van der Waals surface area contributed by atoms with Crippen molar-refractivity contribution in [1.29, 1.82) is 0 Å². The van der Waals surface area contributed by atoms with Crippen molar-refractivity contribution < 1.29 is 14.3 Å². The first kappa shape index (κ1) is 28.0. The molecular weight excluding hydrogens is 472 g/mol. The molecule has 2 atom stereocenters. The van der Waals surface area contributed by atoms with Crippen LogP contribution in [0.3, 0.4) is 0 Å². The van der Waals surface area contributed by atoms with Gasteiger partial charge in [-0.05, 0) is 67.6 Å². The van der Waals surface area contributed by atoms with E-state index in [0.29, 0.717) is 26.0 Å². The molecule has 36 heavy (non-hydrogen) atoms. The van der Waals surface area contributed by atoms with Crippen molar-refractivity contribution in [2.24, 2.45) is 5.73 Å². The predicted octanol–water partition coefficient (Wildman–Crippen LogP) is 2.98. The van der Waals surface area contributed by atoms with Gasteiger partial charge in [0.25, 0.3) is 0 Å². The number of ether oxygens (including phenoxy) is 1. The fourth-order valence-electron chi connectivity index (χ4n) is 4.21. The second-order valence-electron chi connectivity index (χ2n) is 9.26. The van der Waals surface area contributed by atoms with Crippen LogP contribution in [0.25, 0.3) is 0 Å². The zero-order valence-electron chi connectivity index (χ0n) is 21.3. The first-order valence-corrected chi connectivity index (χ1v) is 14.2. The van der Waals surface area contributed by atoms with Gasteiger partial charge in [0.2, 0.25) is 11.8 Å². The molecule has 3 rings (SSSR count). The van der Waals surface area contributed by atoms with Crippen molar-refractivity contribution in [3.05, 3.63) is 65.7 Å². The first-order valence-electron chi connectivity index (χ1n) is 12.9. The van der Waals surface area contributed by atoms with Gasteiger partial charge in [0.15, 0.2) is 0 Å². The van der Waals surface area contributed by atoms with Crippen molar-refractivity contribution in [3.63, 3.8) is 0 Å². The monoisotopic (exact) mass is 512 g/mol. The number of nitrogens with two attached hydrogens (primary N) is 1. The van der Waals surface area contributed by atoms with Crippen LogP contribution in [-0.4, -0.2) is 67.0 Å². The van der Waals surface area contributed by atoms with Gasteiger partial charge < -0.3 is 26.0 Å². The van der Waals surface area contributed by atoms with Gasteiger partial charge in [0, 0.05) is 19.5 Å². The average molecular weight is 513 g/mol. The molecule has 2 aromatic carbocycles. The standard InChI is InChI=1S/C28H40N4O3S/c1-36-19-14-25(29)27(33)31-26(28(34)30-15-18-32-16-6-3-7-17-32)20-22-10-12-24(13-11-22)35-21-23-8-4-2-5-9-23/h2,4-5,8-13,25-26H,3,6-7,14-21,29H2,1H3,(H,30,34)(H,31,33). The van der Waals surface area contributed by atoms with Crippen molar-refractivity contribution in [2.75, 3.05) is 38.2 Å². The van der Waals surface area contributed by atoms with Crippen LogP contribution in [0.2, 0.25) is 0 Å². The van der Waals surface area contributed by atoms with Crippen LogP contribution in [0.4, 0.5) is 0 Å². The Hall–Kier alpha value is -2.55. The van der Waals surface area contributed by atoms with Crippen molar-refractivity contribution in [2.45, 2.75) is 50.8 Å². The second-order valence-corrected chi connectivity index (χ2v) is 10.3. The number of likely N-dealkylation sites (tertiary alicyclic amines) is 1. The van der Waals surface area contributed by atoms with Crippen molar-refractivity contribution in [3.8, 4) is 5.75 Å². The lowest BCUT2D eigenvalue weighted by molar-refractivity contribution is -0.129.